The average Bonchev–Trinajstić information content (AvgIpc) is 2.13. The maximum absolute atomic E-state index is 11.1. The number of carboxylic acids is 1. The summed E-state index contributed by atoms with van der Waals surface area (Å²) in [5.74, 6) is -0.657. The second-order valence-electron chi connectivity index (χ2n) is 7.07. The van der Waals surface area contributed by atoms with Crippen LogP contribution in [0.15, 0.2) is 0 Å². The summed E-state index contributed by atoms with van der Waals surface area (Å²) in [5, 5.41) is 9.09. The number of rotatable bonds is 2. The van der Waals surface area contributed by atoms with E-state index in [1.54, 1.807) is 0 Å². The van der Waals surface area contributed by atoms with Crippen LogP contribution in [0.1, 0.15) is 47.0 Å². The number of carbonyl (C=O) groups is 1. The van der Waals surface area contributed by atoms with Gasteiger partial charge in [-0.15, -0.1) is 0 Å². The first-order valence-corrected chi connectivity index (χ1v) is 6.22. The Morgan fingerprint density at radius 3 is 1.82 bits per heavy atom. The van der Waals surface area contributed by atoms with Crippen molar-refractivity contribution >= 4 is 13.1 Å². The Hall–Kier alpha value is -0.545. The number of carboxylic acid groups (broad SMARTS) is 1. The van der Waals surface area contributed by atoms with E-state index in [1.807, 2.05) is 27.7 Å². The van der Waals surface area contributed by atoms with Crippen LogP contribution in [0.5, 0.6) is 0 Å². The molecule has 1 aliphatic heterocycles. The number of hydrogen-bond acceptors (Lipinski definition) is 3. The van der Waals surface area contributed by atoms with E-state index in [0.29, 0.717) is 19.3 Å². The van der Waals surface area contributed by atoms with Gasteiger partial charge in [0.05, 0.1) is 16.6 Å². The molecule has 1 saturated heterocycles. The Morgan fingerprint density at radius 1 is 1.06 bits per heavy atom. The largest absolute Gasteiger partial charge is 0.481 e. The van der Waals surface area contributed by atoms with Gasteiger partial charge in [-0.1, -0.05) is 0 Å². The lowest BCUT2D eigenvalue weighted by Gasteiger charge is -2.68. The van der Waals surface area contributed by atoms with Gasteiger partial charge in [-0.05, 0) is 47.0 Å². The lowest BCUT2D eigenvalue weighted by molar-refractivity contribution is -0.184. The van der Waals surface area contributed by atoms with Gasteiger partial charge in [0.25, 0.3) is 0 Å². The fourth-order valence-corrected chi connectivity index (χ4v) is 3.44. The molecule has 4 fully saturated rings. The summed E-state index contributed by atoms with van der Waals surface area (Å²) in [5.41, 5.74) is -1.09. The quantitative estimate of drug-likeness (QED) is 0.748. The topological polar surface area (TPSA) is 55.8 Å². The molecule has 3 aliphatic carbocycles. The molecule has 4 rings (SSSR count). The van der Waals surface area contributed by atoms with Crippen LogP contribution in [0.4, 0.5) is 0 Å². The lowest BCUT2D eigenvalue weighted by atomic mass is 9.24. The van der Waals surface area contributed by atoms with E-state index >= 15 is 0 Å². The molecule has 94 valence electrons. The molecule has 2 bridgehead atoms. The van der Waals surface area contributed by atoms with E-state index in [2.05, 4.69) is 0 Å². The van der Waals surface area contributed by atoms with Gasteiger partial charge in [0.15, 0.2) is 0 Å². The highest BCUT2D eigenvalue weighted by Gasteiger charge is 2.79. The standard InChI is InChI=1S/C12H19BO4/c1-9(2)10(3,4)17-13(16-9)12-5-11(6-12,7-12)8(14)15/h5-7H2,1-4H3,(H,14,15). The van der Waals surface area contributed by atoms with Gasteiger partial charge >= 0.3 is 13.1 Å². The molecule has 0 radical (unpaired) electrons. The average molecular weight is 238 g/mol. The summed E-state index contributed by atoms with van der Waals surface area (Å²) in [7, 11) is -0.228. The molecule has 5 heteroatoms. The number of hydrogen-bond donors (Lipinski definition) is 1. The van der Waals surface area contributed by atoms with E-state index in [1.165, 1.54) is 0 Å². The molecular formula is C12H19BO4. The third kappa shape index (κ3) is 1.19. The minimum atomic E-state index is -0.657. The molecule has 4 aliphatic rings. The fraction of sp³-hybridized carbons (Fsp3) is 0.917. The Labute approximate surface area is 102 Å². The summed E-state index contributed by atoms with van der Waals surface area (Å²) < 4.78 is 12.0. The summed E-state index contributed by atoms with van der Waals surface area (Å²) in [4.78, 5) is 11.1. The van der Waals surface area contributed by atoms with E-state index in [-0.39, 0.29) is 23.6 Å². The highest BCUT2D eigenvalue weighted by atomic mass is 16.7. The van der Waals surface area contributed by atoms with E-state index in [4.69, 9.17) is 14.4 Å². The van der Waals surface area contributed by atoms with Crippen LogP contribution in [0.3, 0.4) is 0 Å². The van der Waals surface area contributed by atoms with E-state index < -0.39 is 11.4 Å². The van der Waals surface area contributed by atoms with Crippen molar-refractivity contribution in [1.82, 2.24) is 0 Å². The van der Waals surface area contributed by atoms with Crippen molar-refractivity contribution in [3.8, 4) is 0 Å². The smallest absolute Gasteiger partial charge is 0.464 e. The molecule has 1 N–H and O–H groups in total. The maximum atomic E-state index is 11.1. The van der Waals surface area contributed by atoms with Gasteiger partial charge in [0.2, 0.25) is 0 Å². The lowest BCUT2D eigenvalue weighted by Crippen LogP contribution is -2.67. The second kappa shape index (κ2) is 2.72. The van der Waals surface area contributed by atoms with Crippen LogP contribution in [0, 0.1) is 5.41 Å². The minimum Gasteiger partial charge on any atom is -0.481 e. The zero-order chi connectivity index (χ0) is 12.7. The molecule has 0 spiro atoms. The molecule has 0 unspecified atom stereocenters. The van der Waals surface area contributed by atoms with Crippen molar-refractivity contribution in [2.24, 2.45) is 5.41 Å². The van der Waals surface area contributed by atoms with Crippen molar-refractivity contribution in [3.05, 3.63) is 0 Å². The molecule has 3 saturated carbocycles. The van der Waals surface area contributed by atoms with E-state index in [0.717, 1.165) is 0 Å². The first-order valence-electron chi connectivity index (χ1n) is 6.22. The monoisotopic (exact) mass is 238 g/mol. The Balaban J connectivity index is 1.73. The van der Waals surface area contributed by atoms with Crippen LogP contribution in [0.25, 0.3) is 0 Å². The van der Waals surface area contributed by atoms with Crippen LogP contribution >= 0.6 is 0 Å². The summed E-state index contributed by atoms with van der Waals surface area (Å²) in [6.45, 7) is 8.13. The SMILES string of the molecule is CC1(C)OB(C23CC(C(=O)O)(C2)C3)OC1(C)C. The predicted octanol–water partition coefficient (Wildman–Crippen LogP) is 2.09. The van der Waals surface area contributed by atoms with Gasteiger partial charge in [-0.25, -0.2) is 0 Å². The van der Waals surface area contributed by atoms with Gasteiger partial charge in [0, 0.05) is 5.31 Å². The van der Waals surface area contributed by atoms with E-state index in [9.17, 15) is 4.79 Å². The summed E-state index contributed by atoms with van der Waals surface area (Å²) >= 11 is 0. The minimum absolute atomic E-state index is 0.0244. The normalized spacial score (nSPS) is 45.1. The van der Waals surface area contributed by atoms with Gasteiger partial charge in [0.1, 0.15) is 0 Å². The van der Waals surface area contributed by atoms with Crippen LogP contribution in [-0.4, -0.2) is 29.4 Å². The zero-order valence-electron chi connectivity index (χ0n) is 10.9. The van der Waals surface area contributed by atoms with Crippen molar-refractivity contribution in [3.63, 3.8) is 0 Å². The molecule has 0 atom stereocenters. The first kappa shape index (κ1) is 11.5. The Kier molecular flexibility index (Phi) is 1.85. The number of aliphatic carboxylic acids is 1. The third-order valence-electron chi connectivity index (χ3n) is 5.28. The van der Waals surface area contributed by atoms with Crippen LogP contribution < -0.4 is 0 Å². The van der Waals surface area contributed by atoms with Gasteiger partial charge < -0.3 is 14.4 Å². The highest BCUT2D eigenvalue weighted by Crippen LogP contribution is 2.80. The van der Waals surface area contributed by atoms with Crippen molar-refractivity contribution < 1.29 is 19.2 Å². The molecule has 0 aromatic heterocycles. The third-order valence-corrected chi connectivity index (χ3v) is 5.28. The van der Waals surface area contributed by atoms with Gasteiger partial charge in [-0.3, -0.25) is 4.79 Å². The summed E-state index contributed by atoms with van der Waals surface area (Å²) in [6.07, 6.45) is 2.14. The van der Waals surface area contributed by atoms with Crippen molar-refractivity contribution in [2.45, 2.75) is 63.5 Å². The first-order chi connectivity index (χ1) is 7.63. The molecule has 0 aromatic carbocycles. The second-order valence-corrected chi connectivity index (χ2v) is 7.07. The predicted molar refractivity (Wildman–Crippen MR) is 62.7 cm³/mol. The van der Waals surface area contributed by atoms with Crippen molar-refractivity contribution in [2.75, 3.05) is 0 Å². The van der Waals surface area contributed by atoms with Gasteiger partial charge in [-0.2, -0.15) is 0 Å². The van der Waals surface area contributed by atoms with Crippen molar-refractivity contribution in [1.29, 1.82) is 0 Å². The summed E-state index contributed by atoms with van der Waals surface area (Å²) in [6, 6.07) is 0. The molecule has 4 nitrogen and oxygen atoms in total. The zero-order valence-corrected chi connectivity index (χ0v) is 10.9. The molecular weight excluding hydrogens is 219 g/mol. The molecule has 0 aromatic rings. The Morgan fingerprint density at radius 2 is 1.47 bits per heavy atom. The highest BCUT2D eigenvalue weighted by molar-refractivity contribution is 6.51. The fourth-order valence-electron chi connectivity index (χ4n) is 3.44. The van der Waals surface area contributed by atoms with Crippen LogP contribution in [-0.2, 0) is 14.1 Å². The molecule has 1 heterocycles. The Bertz CT molecular complexity index is 366. The molecule has 17 heavy (non-hydrogen) atoms. The van der Waals surface area contributed by atoms with Crippen LogP contribution in [0.2, 0.25) is 5.31 Å². The maximum Gasteiger partial charge on any atom is 0.464 e. The molecule has 0 amide bonds.